The molecule has 2 atom stereocenters. The molecule has 2 aliphatic heterocycles. The standard InChI is InChI=1S/C26H33FN6O/c27-19-7-6-8-20(17-19)30-25(31-23-12-5-4-11-22(23)28)32-15-13-26(14-16-32)24(34)29-18-33(26)21-9-2-1-3-10-21/h1-3,6-10,17,22-23H,4-5,11-16,18,28H2,(H,29,34)(H,30,31)/t22-,23-/m0/s1. The first-order valence-electron chi connectivity index (χ1n) is 12.3. The Balaban J connectivity index is 1.38. The molecule has 2 saturated heterocycles. The zero-order valence-corrected chi connectivity index (χ0v) is 19.4. The van der Waals surface area contributed by atoms with Gasteiger partial charge in [-0.25, -0.2) is 9.38 Å². The van der Waals surface area contributed by atoms with Crippen LogP contribution in [0.3, 0.4) is 0 Å². The SMILES string of the molecule is N[C@H]1CCCC[C@@H]1N=C(Nc1cccc(F)c1)N1CCC2(CC1)C(=O)NCN2c1ccccc1. The van der Waals surface area contributed by atoms with Crippen molar-refractivity contribution in [2.45, 2.75) is 56.1 Å². The van der Waals surface area contributed by atoms with Crippen LogP contribution in [0.2, 0.25) is 0 Å². The molecule has 1 spiro atoms. The molecule has 3 aliphatic rings. The number of para-hydroxylation sites is 1. The molecule has 0 bridgehead atoms. The average molecular weight is 465 g/mol. The number of nitrogens with one attached hydrogen (secondary N) is 2. The summed E-state index contributed by atoms with van der Waals surface area (Å²) >= 11 is 0. The lowest BCUT2D eigenvalue weighted by Crippen LogP contribution is -2.58. The first kappa shape index (κ1) is 22.7. The predicted molar refractivity (Wildman–Crippen MR) is 133 cm³/mol. The van der Waals surface area contributed by atoms with E-state index in [1.165, 1.54) is 12.1 Å². The van der Waals surface area contributed by atoms with Crippen LogP contribution >= 0.6 is 0 Å². The van der Waals surface area contributed by atoms with E-state index in [0.29, 0.717) is 44.2 Å². The Kier molecular flexibility index (Phi) is 6.41. The van der Waals surface area contributed by atoms with Crippen molar-refractivity contribution < 1.29 is 9.18 Å². The van der Waals surface area contributed by atoms with Crippen molar-refractivity contribution in [3.63, 3.8) is 0 Å². The molecule has 7 nitrogen and oxygen atoms in total. The molecule has 4 N–H and O–H groups in total. The normalized spacial score (nSPS) is 24.9. The van der Waals surface area contributed by atoms with Crippen molar-refractivity contribution in [2.75, 3.05) is 30.0 Å². The molecule has 0 radical (unpaired) electrons. The van der Waals surface area contributed by atoms with Gasteiger partial charge in [-0.15, -0.1) is 0 Å². The lowest BCUT2D eigenvalue weighted by molar-refractivity contribution is -0.124. The van der Waals surface area contributed by atoms with Gasteiger partial charge in [0.1, 0.15) is 11.4 Å². The zero-order chi connectivity index (χ0) is 23.5. The van der Waals surface area contributed by atoms with Crippen LogP contribution < -0.4 is 21.3 Å². The van der Waals surface area contributed by atoms with E-state index in [1.54, 1.807) is 6.07 Å². The molecule has 2 aromatic carbocycles. The second-order valence-corrected chi connectivity index (χ2v) is 9.55. The van der Waals surface area contributed by atoms with Crippen LogP contribution in [0.5, 0.6) is 0 Å². The number of likely N-dealkylation sites (tertiary alicyclic amines) is 1. The summed E-state index contributed by atoms with van der Waals surface area (Å²) in [6, 6.07) is 16.6. The molecule has 8 heteroatoms. The summed E-state index contributed by atoms with van der Waals surface area (Å²) in [5.74, 6) is 0.506. The molecule has 5 rings (SSSR count). The van der Waals surface area contributed by atoms with Crippen molar-refractivity contribution in [1.29, 1.82) is 0 Å². The molecule has 34 heavy (non-hydrogen) atoms. The number of piperidine rings is 1. The highest BCUT2D eigenvalue weighted by Crippen LogP contribution is 2.36. The predicted octanol–water partition coefficient (Wildman–Crippen LogP) is 3.29. The van der Waals surface area contributed by atoms with Gasteiger partial charge in [0.2, 0.25) is 5.91 Å². The molecule has 1 amide bonds. The lowest BCUT2D eigenvalue weighted by atomic mass is 9.85. The summed E-state index contributed by atoms with van der Waals surface area (Å²) in [7, 11) is 0. The summed E-state index contributed by atoms with van der Waals surface area (Å²) in [6.45, 7) is 1.85. The number of carbonyl (C=O) groups excluding carboxylic acids is 1. The lowest BCUT2D eigenvalue weighted by Gasteiger charge is -2.44. The number of hydrogen-bond donors (Lipinski definition) is 3. The van der Waals surface area contributed by atoms with Crippen LogP contribution in [0.1, 0.15) is 38.5 Å². The number of nitrogens with two attached hydrogens (primary N) is 1. The highest BCUT2D eigenvalue weighted by molar-refractivity contribution is 5.96. The Morgan fingerprint density at radius 3 is 2.59 bits per heavy atom. The Hall–Kier alpha value is -3.13. The Morgan fingerprint density at radius 2 is 1.85 bits per heavy atom. The number of rotatable bonds is 3. The van der Waals surface area contributed by atoms with Crippen LogP contribution in [-0.2, 0) is 4.79 Å². The van der Waals surface area contributed by atoms with Crippen molar-refractivity contribution in [3.8, 4) is 0 Å². The van der Waals surface area contributed by atoms with Gasteiger partial charge in [-0.2, -0.15) is 0 Å². The van der Waals surface area contributed by atoms with Gasteiger partial charge in [-0.05, 0) is 56.0 Å². The van der Waals surface area contributed by atoms with E-state index < -0.39 is 5.54 Å². The van der Waals surface area contributed by atoms with Gasteiger partial charge in [0.15, 0.2) is 5.96 Å². The smallest absolute Gasteiger partial charge is 0.247 e. The van der Waals surface area contributed by atoms with Gasteiger partial charge in [-0.3, -0.25) is 4.79 Å². The number of guanidine groups is 1. The summed E-state index contributed by atoms with van der Waals surface area (Å²) in [5.41, 5.74) is 7.54. The third kappa shape index (κ3) is 4.46. The second kappa shape index (κ2) is 9.62. The summed E-state index contributed by atoms with van der Waals surface area (Å²) in [5, 5.41) is 6.41. The second-order valence-electron chi connectivity index (χ2n) is 9.55. The van der Waals surface area contributed by atoms with Crippen LogP contribution in [0, 0.1) is 5.82 Å². The number of nitrogens with zero attached hydrogens (tertiary/aromatic N) is 3. The van der Waals surface area contributed by atoms with Crippen LogP contribution in [0.15, 0.2) is 59.6 Å². The largest absolute Gasteiger partial charge is 0.342 e. The Bertz CT molecular complexity index is 1040. The number of amides is 1. The number of carbonyl (C=O) groups is 1. The van der Waals surface area contributed by atoms with Crippen molar-refractivity contribution >= 4 is 23.2 Å². The maximum Gasteiger partial charge on any atom is 0.247 e. The van der Waals surface area contributed by atoms with E-state index in [9.17, 15) is 9.18 Å². The van der Waals surface area contributed by atoms with Crippen LogP contribution in [0.25, 0.3) is 0 Å². The van der Waals surface area contributed by atoms with E-state index in [1.807, 2.05) is 24.3 Å². The molecule has 0 unspecified atom stereocenters. The summed E-state index contributed by atoms with van der Waals surface area (Å²) < 4.78 is 13.9. The number of benzene rings is 2. The van der Waals surface area contributed by atoms with Gasteiger partial charge >= 0.3 is 0 Å². The van der Waals surface area contributed by atoms with Crippen LogP contribution in [-0.4, -0.2) is 54.1 Å². The minimum atomic E-state index is -0.566. The van der Waals surface area contributed by atoms with Gasteiger partial charge in [-0.1, -0.05) is 37.1 Å². The van der Waals surface area contributed by atoms with Gasteiger partial charge in [0.25, 0.3) is 0 Å². The quantitative estimate of drug-likeness (QED) is 0.479. The molecular weight excluding hydrogens is 431 g/mol. The molecule has 2 aromatic rings. The minimum Gasteiger partial charge on any atom is -0.342 e. The number of aliphatic imine (C=N–C) groups is 1. The highest BCUT2D eigenvalue weighted by atomic mass is 19.1. The van der Waals surface area contributed by atoms with Crippen LogP contribution in [0.4, 0.5) is 15.8 Å². The Labute approximate surface area is 200 Å². The number of halogens is 1. The van der Waals surface area contributed by atoms with Crippen molar-refractivity contribution in [1.82, 2.24) is 10.2 Å². The van der Waals surface area contributed by atoms with E-state index in [4.69, 9.17) is 10.7 Å². The van der Waals surface area contributed by atoms with E-state index >= 15 is 0 Å². The molecule has 2 heterocycles. The third-order valence-electron chi connectivity index (χ3n) is 7.45. The topological polar surface area (TPSA) is 86.0 Å². The first-order chi connectivity index (χ1) is 16.5. The number of anilines is 2. The van der Waals surface area contributed by atoms with Gasteiger partial charge < -0.3 is 26.2 Å². The van der Waals surface area contributed by atoms with E-state index in [2.05, 4.69) is 32.6 Å². The fourth-order valence-corrected chi connectivity index (χ4v) is 5.47. The van der Waals surface area contributed by atoms with Gasteiger partial charge in [0, 0.05) is 30.5 Å². The molecular formula is C26H33FN6O. The zero-order valence-electron chi connectivity index (χ0n) is 19.4. The molecule has 0 aromatic heterocycles. The fourth-order valence-electron chi connectivity index (χ4n) is 5.47. The van der Waals surface area contributed by atoms with E-state index in [-0.39, 0.29) is 23.8 Å². The summed E-state index contributed by atoms with van der Waals surface area (Å²) in [6.07, 6.45) is 5.53. The molecule has 1 aliphatic carbocycles. The minimum absolute atomic E-state index is 0.0309. The molecule has 1 saturated carbocycles. The average Bonchev–Trinajstić information content (AvgIpc) is 3.16. The Morgan fingerprint density at radius 1 is 1.09 bits per heavy atom. The monoisotopic (exact) mass is 464 g/mol. The maximum atomic E-state index is 13.9. The highest BCUT2D eigenvalue weighted by Gasteiger charge is 2.50. The fraction of sp³-hybridized carbons (Fsp3) is 0.462. The summed E-state index contributed by atoms with van der Waals surface area (Å²) in [4.78, 5) is 22.5. The molecule has 180 valence electrons. The van der Waals surface area contributed by atoms with Crippen molar-refractivity contribution in [2.24, 2.45) is 10.7 Å². The maximum absolute atomic E-state index is 13.9. The molecule has 3 fully saturated rings. The first-order valence-corrected chi connectivity index (χ1v) is 12.3. The van der Waals surface area contributed by atoms with E-state index in [0.717, 1.165) is 31.4 Å². The number of hydrogen-bond acceptors (Lipinski definition) is 4. The van der Waals surface area contributed by atoms with Crippen molar-refractivity contribution in [3.05, 3.63) is 60.4 Å². The third-order valence-corrected chi connectivity index (χ3v) is 7.45. The van der Waals surface area contributed by atoms with Gasteiger partial charge in [0.05, 0.1) is 12.7 Å².